The minimum Gasteiger partial charge on any atom is -0.486 e. The third-order valence-electron chi connectivity index (χ3n) is 6.40. The number of nitrogens with two attached hydrogens (primary N) is 1. The van der Waals surface area contributed by atoms with Gasteiger partial charge in [-0.25, -0.2) is 0 Å². The van der Waals surface area contributed by atoms with Crippen LogP contribution in [0.25, 0.3) is 0 Å². The lowest BCUT2D eigenvalue weighted by atomic mass is 9.78. The number of halogens is 1. The molecule has 6 heteroatoms. The Balaban J connectivity index is 0.00000210. The third-order valence-corrected chi connectivity index (χ3v) is 6.40. The zero-order chi connectivity index (χ0) is 18.0. The van der Waals surface area contributed by atoms with Crippen molar-refractivity contribution in [1.29, 1.82) is 0 Å². The molecule has 4 rings (SSSR count). The van der Waals surface area contributed by atoms with Crippen molar-refractivity contribution in [2.45, 2.75) is 62.8 Å². The van der Waals surface area contributed by atoms with Crippen LogP contribution in [0.4, 0.5) is 0 Å². The second kappa shape index (κ2) is 8.70. The largest absolute Gasteiger partial charge is 0.486 e. The van der Waals surface area contributed by atoms with E-state index in [1.165, 1.54) is 18.4 Å². The number of carbonyl (C=O) groups excluding carboxylic acids is 1. The standard InChI is InChI=1S/C21H30N2O3.ClH/c22-17-5-3-4-15(12-17)20(24)23-14-21(8-1-2-9-21)16-6-7-18-19(13-16)26-11-10-25-18;/h6-7,13,15,17H,1-5,8-12,14,22H2,(H,23,24);1H. The normalized spacial score (nSPS) is 26.1. The van der Waals surface area contributed by atoms with Crippen molar-refractivity contribution in [2.24, 2.45) is 11.7 Å². The van der Waals surface area contributed by atoms with Crippen LogP contribution >= 0.6 is 12.4 Å². The first-order chi connectivity index (χ1) is 12.7. The van der Waals surface area contributed by atoms with E-state index < -0.39 is 0 Å². The van der Waals surface area contributed by atoms with Crippen molar-refractivity contribution in [3.05, 3.63) is 23.8 Å². The molecular weight excluding hydrogens is 364 g/mol. The number of nitrogens with one attached hydrogen (secondary N) is 1. The van der Waals surface area contributed by atoms with Gasteiger partial charge in [0.05, 0.1) is 0 Å². The van der Waals surface area contributed by atoms with Gasteiger partial charge < -0.3 is 20.5 Å². The SMILES string of the molecule is Cl.NC1CCCC(C(=O)NCC2(c3ccc4c(c3)OCCO4)CCCC2)C1. The Hall–Kier alpha value is -1.46. The molecule has 0 bridgehead atoms. The van der Waals surface area contributed by atoms with E-state index in [-0.39, 0.29) is 35.7 Å². The summed E-state index contributed by atoms with van der Waals surface area (Å²) >= 11 is 0. The highest BCUT2D eigenvalue weighted by molar-refractivity contribution is 5.85. The number of carbonyl (C=O) groups is 1. The fourth-order valence-corrected chi connectivity index (χ4v) is 4.86. The monoisotopic (exact) mass is 394 g/mol. The average molecular weight is 395 g/mol. The molecular formula is C21H31ClN2O3. The summed E-state index contributed by atoms with van der Waals surface area (Å²) in [6, 6.07) is 6.48. The highest BCUT2D eigenvalue weighted by Gasteiger charge is 2.37. The van der Waals surface area contributed by atoms with Crippen molar-refractivity contribution >= 4 is 18.3 Å². The van der Waals surface area contributed by atoms with E-state index in [0.29, 0.717) is 19.8 Å². The van der Waals surface area contributed by atoms with E-state index in [0.717, 1.165) is 50.0 Å². The van der Waals surface area contributed by atoms with E-state index in [9.17, 15) is 4.79 Å². The van der Waals surface area contributed by atoms with E-state index in [4.69, 9.17) is 15.2 Å². The van der Waals surface area contributed by atoms with Crippen LogP contribution in [0.5, 0.6) is 11.5 Å². The van der Waals surface area contributed by atoms with Crippen LogP contribution in [0.15, 0.2) is 18.2 Å². The number of fused-ring (bicyclic) bond motifs is 1. The Morgan fingerprint density at radius 1 is 1.11 bits per heavy atom. The van der Waals surface area contributed by atoms with Gasteiger partial charge in [0.15, 0.2) is 11.5 Å². The summed E-state index contributed by atoms with van der Waals surface area (Å²) in [6.07, 6.45) is 8.53. The zero-order valence-corrected chi connectivity index (χ0v) is 16.7. The molecule has 2 atom stereocenters. The lowest BCUT2D eigenvalue weighted by Gasteiger charge is -2.33. The van der Waals surface area contributed by atoms with Crippen LogP contribution in [0, 0.1) is 5.92 Å². The topological polar surface area (TPSA) is 73.6 Å². The Morgan fingerprint density at radius 2 is 1.85 bits per heavy atom. The quantitative estimate of drug-likeness (QED) is 0.821. The van der Waals surface area contributed by atoms with Crippen molar-refractivity contribution in [3.8, 4) is 11.5 Å². The summed E-state index contributed by atoms with van der Waals surface area (Å²) in [6.45, 7) is 1.91. The fourth-order valence-electron chi connectivity index (χ4n) is 4.86. The van der Waals surface area contributed by atoms with Gasteiger partial charge in [-0.15, -0.1) is 12.4 Å². The van der Waals surface area contributed by atoms with E-state index >= 15 is 0 Å². The Bertz CT molecular complexity index is 661. The molecule has 1 aliphatic heterocycles. The number of amides is 1. The lowest BCUT2D eigenvalue weighted by molar-refractivity contribution is -0.126. The molecule has 2 fully saturated rings. The Kier molecular flexibility index (Phi) is 6.53. The van der Waals surface area contributed by atoms with E-state index in [1.54, 1.807) is 0 Å². The molecule has 27 heavy (non-hydrogen) atoms. The summed E-state index contributed by atoms with van der Waals surface area (Å²) in [7, 11) is 0. The van der Waals surface area contributed by atoms with Crippen LogP contribution in [-0.2, 0) is 10.2 Å². The maximum atomic E-state index is 12.7. The van der Waals surface area contributed by atoms with Gasteiger partial charge in [-0.3, -0.25) is 4.79 Å². The number of benzene rings is 1. The van der Waals surface area contributed by atoms with Crippen molar-refractivity contribution in [2.75, 3.05) is 19.8 Å². The Labute approximate surface area is 167 Å². The predicted octanol–water partition coefficient (Wildman–Crippen LogP) is 3.33. The molecule has 5 nitrogen and oxygen atoms in total. The summed E-state index contributed by atoms with van der Waals surface area (Å²) in [5.41, 5.74) is 7.34. The molecule has 0 saturated heterocycles. The molecule has 1 aromatic carbocycles. The highest BCUT2D eigenvalue weighted by Crippen LogP contribution is 2.44. The van der Waals surface area contributed by atoms with Crippen LogP contribution < -0.4 is 20.5 Å². The van der Waals surface area contributed by atoms with Gasteiger partial charge in [0, 0.05) is 23.9 Å². The maximum absolute atomic E-state index is 12.7. The maximum Gasteiger partial charge on any atom is 0.223 e. The first kappa shape index (κ1) is 20.3. The van der Waals surface area contributed by atoms with Crippen LogP contribution in [0.1, 0.15) is 56.9 Å². The summed E-state index contributed by atoms with van der Waals surface area (Å²) in [4.78, 5) is 12.7. The number of rotatable bonds is 4. The van der Waals surface area contributed by atoms with Crippen molar-refractivity contribution < 1.29 is 14.3 Å². The minimum atomic E-state index is 0. The van der Waals surface area contributed by atoms with Crippen LogP contribution in [0.3, 0.4) is 0 Å². The van der Waals surface area contributed by atoms with Gasteiger partial charge in [0.25, 0.3) is 0 Å². The molecule has 1 amide bonds. The van der Waals surface area contributed by atoms with Gasteiger partial charge in [0.1, 0.15) is 13.2 Å². The van der Waals surface area contributed by atoms with E-state index in [2.05, 4.69) is 17.4 Å². The first-order valence-electron chi connectivity index (χ1n) is 10.1. The molecule has 3 N–H and O–H groups in total. The van der Waals surface area contributed by atoms with Gasteiger partial charge >= 0.3 is 0 Å². The minimum absolute atomic E-state index is 0. The number of ether oxygens (including phenoxy) is 2. The summed E-state index contributed by atoms with van der Waals surface area (Å²) < 4.78 is 11.4. The number of hydrogen-bond acceptors (Lipinski definition) is 4. The van der Waals surface area contributed by atoms with Gasteiger partial charge in [-0.05, 0) is 49.8 Å². The van der Waals surface area contributed by atoms with Crippen molar-refractivity contribution in [1.82, 2.24) is 5.32 Å². The lowest BCUT2D eigenvalue weighted by Crippen LogP contribution is -2.43. The zero-order valence-electron chi connectivity index (χ0n) is 15.9. The van der Waals surface area contributed by atoms with Crippen LogP contribution in [0.2, 0.25) is 0 Å². The van der Waals surface area contributed by atoms with Gasteiger partial charge in [0.2, 0.25) is 5.91 Å². The molecule has 3 aliphatic rings. The molecule has 1 aromatic rings. The molecule has 0 aromatic heterocycles. The van der Waals surface area contributed by atoms with Gasteiger partial charge in [-0.2, -0.15) is 0 Å². The second-order valence-corrected chi connectivity index (χ2v) is 8.19. The smallest absolute Gasteiger partial charge is 0.223 e. The third kappa shape index (κ3) is 4.35. The first-order valence-corrected chi connectivity index (χ1v) is 10.1. The molecule has 2 aliphatic carbocycles. The summed E-state index contributed by atoms with van der Waals surface area (Å²) in [5, 5.41) is 3.27. The predicted molar refractivity (Wildman–Crippen MR) is 108 cm³/mol. The fraction of sp³-hybridized carbons (Fsp3) is 0.667. The van der Waals surface area contributed by atoms with E-state index in [1.807, 2.05) is 6.07 Å². The molecule has 2 saturated carbocycles. The van der Waals surface area contributed by atoms with Crippen molar-refractivity contribution in [3.63, 3.8) is 0 Å². The highest BCUT2D eigenvalue weighted by atomic mass is 35.5. The second-order valence-electron chi connectivity index (χ2n) is 8.19. The average Bonchev–Trinajstić information content (AvgIpc) is 3.16. The molecule has 0 spiro atoms. The Morgan fingerprint density at radius 3 is 2.59 bits per heavy atom. The number of hydrogen-bond donors (Lipinski definition) is 2. The molecule has 0 radical (unpaired) electrons. The molecule has 1 heterocycles. The molecule has 2 unspecified atom stereocenters. The summed E-state index contributed by atoms with van der Waals surface area (Å²) in [5.74, 6) is 1.93. The van der Waals surface area contributed by atoms with Crippen LogP contribution in [-0.4, -0.2) is 31.7 Å². The van der Waals surface area contributed by atoms with Gasteiger partial charge in [-0.1, -0.05) is 25.3 Å². The molecule has 150 valence electrons.